The number of nitrogens with zero attached hydrogens (tertiary/aromatic N) is 1. The van der Waals surface area contributed by atoms with Gasteiger partial charge in [0.15, 0.2) is 5.78 Å². The topological polar surface area (TPSA) is 41.7 Å². The first-order valence-corrected chi connectivity index (χ1v) is 10.4. The van der Waals surface area contributed by atoms with Crippen LogP contribution < -0.4 is 0 Å². The van der Waals surface area contributed by atoms with Crippen molar-refractivity contribution in [2.45, 2.75) is 76.2 Å². The minimum Gasteiger partial charge on any atom is -0.390 e. The quantitative estimate of drug-likeness (QED) is 0.676. The second kappa shape index (κ2) is 7.01. The zero-order valence-electron chi connectivity index (χ0n) is 15.5. The molecule has 2 aromatic heterocycles. The van der Waals surface area contributed by atoms with Crippen molar-refractivity contribution < 1.29 is 9.90 Å². The smallest absolute Gasteiger partial charge is 0.165 e. The third kappa shape index (κ3) is 3.32. The van der Waals surface area contributed by atoms with E-state index >= 15 is 0 Å². The average molecular weight is 374 g/mol. The Labute approximate surface area is 160 Å². The summed E-state index contributed by atoms with van der Waals surface area (Å²) in [5, 5.41) is 11.5. The maximum atomic E-state index is 13.0. The monoisotopic (exact) mass is 373 g/mol. The van der Waals surface area contributed by atoms with Crippen LogP contribution in [0.15, 0.2) is 24.4 Å². The number of fused-ring (bicyclic) bond motifs is 1. The van der Waals surface area contributed by atoms with E-state index in [1.54, 1.807) is 0 Å². The Morgan fingerprint density at radius 2 is 2.15 bits per heavy atom. The first-order chi connectivity index (χ1) is 12.5. The summed E-state index contributed by atoms with van der Waals surface area (Å²) in [7, 11) is 0. The number of pyridine rings is 1. The van der Waals surface area contributed by atoms with Crippen LogP contribution in [0.25, 0.3) is 5.52 Å². The van der Waals surface area contributed by atoms with Crippen molar-refractivity contribution in [3.8, 4) is 0 Å². The van der Waals surface area contributed by atoms with Gasteiger partial charge >= 0.3 is 0 Å². The third-order valence-electron chi connectivity index (χ3n) is 6.48. The lowest BCUT2D eigenvalue weighted by molar-refractivity contribution is -0.0204. The van der Waals surface area contributed by atoms with Crippen molar-refractivity contribution in [1.82, 2.24) is 4.40 Å². The fraction of sp³-hybridized carbons (Fsp3) is 0.591. The molecule has 1 N–H and O–H groups in total. The molecule has 2 atom stereocenters. The van der Waals surface area contributed by atoms with Gasteiger partial charge in [-0.2, -0.15) is 0 Å². The van der Waals surface area contributed by atoms with Gasteiger partial charge in [0.25, 0.3) is 0 Å². The van der Waals surface area contributed by atoms with Gasteiger partial charge in [-0.05, 0) is 62.1 Å². The highest BCUT2D eigenvalue weighted by Crippen LogP contribution is 2.40. The van der Waals surface area contributed by atoms with Crippen molar-refractivity contribution in [3.05, 3.63) is 40.7 Å². The maximum Gasteiger partial charge on any atom is 0.165 e. The fourth-order valence-electron chi connectivity index (χ4n) is 4.81. The van der Waals surface area contributed by atoms with Gasteiger partial charge < -0.3 is 9.51 Å². The molecule has 0 aliphatic heterocycles. The number of Topliss-reactive ketones (excluding diaryl/α,β-unsaturated/α-hetero) is 1. The largest absolute Gasteiger partial charge is 0.390 e. The first kappa shape index (κ1) is 18.1. The molecular weight excluding hydrogens is 346 g/mol. The van der Waals surface area contributed by atoms with Crippen LogP contribution >= 0.6 is 11.6 Å². The van der Waals surface area contributed by atoms with Gasteiger partial charge in [0, 0.05) is 23.9 Å². The number of hydrogen-bond acceptors (Lipinski definition) is 2. The molecule has 2 aliphatic rings. The van der Waals surface area contributed by atoms with E-state index in [4.69, 9.17) is 11.6 Å². The summed E-state index contributed by atoms with van der Waals surface area (Å²) in [6.45, 7) is 2.19. The third-order valence-corrected chi connectivity index (χ3v) is 6.78. The van der Waals surface area contributed by atoms with E-state index in [9.17, 15) is 9.90 Å². The predicted molar refractivity (Wildman–Crippen MR) is 105 cm³/mol. The van der Waals surface area contributed by atoms with E-state index < -0.39 is 5.60 Å². The molecule has 2 aromatic rings. The summed E-state index contributed by atoms with van der Waals surface area (Å²) in [5.41, 5.74) is 2.10. The molecule has 4 heteroatoms. The lowest BCUT2D eigenvalue weighted by atomic mass is 9.76. The molecule has 0 amide bonds. The number of halogens is 1. The SMILES string of the molecule is C[C@@H]1CCC[C@](O)(CCC(=O)c2cc(C3CCC3)n3cccc(Cl)c23)C1. The summed E-state index contributed by atoms with van der Waals surface area (Å²) in [5.74, 6) is 1.18. The summed E-state index contributed by atoms with van der Waals surface area (Å²) < 4.78 is 2.11. The molecule has 3 nitrogen and oxygen atoms in total. The minimum absolute atomic E-state index is 0.104. The molecule has 0 bridgehead atoms. The lowest BCUT2D eigenvalue weighted by Gasteiger charge is -2.35. The van der Waals surface area contributed by atoms with Crippen molar-refractivity contribution in [2.75, 3.05) is 0 Å². The molecule has 0 unspecified atom stereocenters. The second-order valence-electron chi connectivity index (χ2n) is 8.53. The molecule has 2 heterocycles. The zero-order chi connectivity index (χ0) is 18.3. The highest BCUT2D eigenvalue weighted by Gasteiger charge is 2.33. The molecule has 2 saturated carbocycles. The van der Waals surface area contributed by atoms with Crippen LogP contribution in [0.5, 0.6) is 0 Å². The Morgan fingerprint density at radius 3 is 2.85 bits per heavy atom. The molecule has 2 fully saturated rings. The minimum atomic E-state index is -0.677. The summed E-state index contributed by atoms with van der Waals surface area (Å²) in [6, 6.07) is 5.85. The summed E-state index contributed by atoms with van der Waals surface area (Å²) >= 11 is 6.46. The molecular formula is C22H28ClNO2. The molecule has 2 aliphatic carbocycles. The average Bonchev–Trinajstić information content (AvgIpc) is 2.92. The van der Waals surface area contributed by atoms with Gasteiger partial charge in [-0.1, -0.05) is 37.8 Å². The molecule has 0 aromatic carbocycles. The van der Waals surface area contributed by atoms with E-state index in [0.717, 1.165) is 30.3 Å². The molecule has 0 spiro atoms. The standard InChI is InChI=1S/C22H28ClNO2/c1-15-5-3-10-22(26,14-15)11-9-20(25)17-13-19(16-6-2-7-16)24-12-4-8-18(23)21(17)24/h4,8,12-13,15-16,26H,2-3,5-7,9-11,14H2,1H3/t15-,22+/m1/s1. The van der Waals surface area contributed by atoms with Gasteiger partial charge in [0.2, 0.25) is 0 Å². The Bertz CT molecular complexity index is 823. The highest BCUT2D eigenvalue weighted by atomic mass is 35.5. The van der Waals surface area contributed by atoms with Crippen LogP contribution in [0.3, 0.4) is 0 Å². The van der Waals surface area contributed by atoms with Gasteiger partial charge in [0.1, 0.15) is 0 Å². The van der Waals surface area contributed by atoms with Crippen LogP contribution in [0, 0.1) is 5.92 Å². The first-order valence-electron chi connectivity index (χ1n) is 10.0. The molecule has 140 valence electrons. The van der Waals surface area contributed by atoms with Gasteiger partial charge in [-0.15, -0.1) is 0 Å². The van der Waals surface area contributed by atoms with E-state index in [1.807, 2.05) is 18.3 Å². The number of aromatic nitrogens is 1. The molecule has 0 radical (unpaired) electrons. The van der Waals surface area contributed by atoms with Crippen LogP contribution in [-0.2, 0) is 0 Å². The van der Waals surface area contributed by atoms with Crippen LogP contribution in [0.2, 0.25) is 5.02 Å². The van der Waals surface area contributed by atoms with E-state index in [2.05, 4.69) is 17.4 Å². The Morgan fingerprint density at radius 1 is 1.35 bits per heavy atom. The molecule has 0 saturated heterocycles. The van der Waals surface area contributed by atoms with Gasteiger partial charge in [-0.3, -0.25) is 4.79 Å². The molecule has 4 rings (SSSR count). The number of ketones is 1. The van der Waals surface area contributed by atoms with Gasteiger partial charge in [-0.25, -0.2) is 0 Å². The van der Waals surface area contributed by atoms with E-state index in [1.165, 1.54) is 31.4 Å². The normalized spacial score (nSPS) is 26.8. The number of hydrogen-bond donors (Lipinski definition) is 1. The second-order valence-corrected chi connectivity index (χ2v) is 8.94. The zero-order valence-corrected chi connectivity index (χ0v) is 16.3. The van der Waals surface area contributed by atoms with Crippen molar-refractivity contribution in [1.29, 1.82) is 0 Å². The van der Waals surface area contributed by atoms with E-state index in [0.29, 0.717) is 29.7 Å². The Balaban J connectivity index is 1.58. The summed E-state index contributed by atoms with van der Waals surface area (Å²) in [4.78, 5) is 13.0. The lowest BCUT2D eigenvalue weighted by Crippen LogP contribution is -2.35. The Kier molecular flexibility index (Phi) is 4.87. The molecule has 26 heavy (non-hydrogen) atoms. The van der Waals surface area contributed by atoms with Crippen LogP contribution in [-0.4, -0.2) is 20.9 Å². The maximum absolute atomic E-state index is 13.0. The number of carbonyl (C=O) groups is 1. The van der Waals surface area contributed by atoms with Crippen molar-refractivity contribution >= 4 is 22.9 Å². The summed E-state index contributed by atoms with van der Waals surface area (Å²) in [6.07, 6.45) is 10.4. The van der Waals surface area contributed by atoms with Crippen LogP contribution in [0.1, 0.15) is 86.7 Å². The van der Waals surface area contributed by atoms with Crippen molar-refractivity contribution in [2.24, 2.45) is 5.92 Å². The Hall–Kier alpha value is -1.32. The van der Waals surface area contributed by atoms with E-state index in [-0.39, 0.29) is 5.78 Å². The van der Waals surface area contributed by atoms with Crippen LogP contribution in [0.4, 0.5) is 0 Å². The van der Waals surface area contributed by atoms with Crippen molar-refractivity contribution in [3.63, 3.8) is 0 Å². The van der Waals surface area contributed by atoms with Gasteiger partial charge in [0.05, 0.1) is 16.1 Å². The highest BCUT2D eigenvalue weighted by molar-refractivity contribution is 6.35. The number of carbonyl (C=O) groups excluding carboxylic acids is 1. The number of rotatable bonds is 5. The fourth-order valence-corrected chi connectivity index (χ4v) is 5.08. The predicted octanol–water partition coefficient (Wildman–Crippen LogP) is 5.76. The number of aliphatic hydroxyl groups is 1.